The summed E-state index contributed by atoms with van der Waals surface area (Å²) < 4.78 is 46.7. The fourth-order valence-electron chi connectivity index (χ4n) is 3.33. The molecule has 35 heavy (non-hydrogen) atoms. The Bertz CT molecular complexity index is 1450. The molecule has 0 aliphatic heterocycles. The molecule has 0 unspecified atom stereocenters. The van der Waals surface area contributed by atoms with Crippen LogP contribution in [0.2, 0.25) is 0 Å². The Morgan fingerprint density at radius 3 is 2.31 bits per heavy atom. The minimum absolute atomic E-state index is 0.0174. The normalized spacial score (nSPS) is 11.6. The first-order chi connectivity index (χ1) is 16.8. The maximum absolute atomic E-state index is 12.4. The van der Waals surface area contributed by atoms with E-state index in [0.29, 0.717) is 41.2 Å². The first-order valence-electron chi connectivity index (χ1n) is 10.6. The average Bonchev–Trinajstić information content (AvgIpc) is 3.22. The topological polar surface area (TPSA) is 134 Å². The first-order valence-corrected chi connectivity index (χ1v) is 12.0. The Morgan fingerprint density at radius 1 is 1.00 bits per heavy atom. The summed E-state index contributed by atoms with van der Waals surface area (Å²) in [6.07, 6.45) is 1.30. The van der Waals surface area contributed by atoms with E-state index in [2.05, 4.69) is 24.7 Å². The van der Waals surface area contributed by atoms with E-state index in [0.717, 1.165) is 4.31 Å². The lowest BCUT2D eigenvalue weighted by molar-refractivity contribution is 0.327. The molecule has 1 aromatic carbocycles. The van der Waals surface area contributed by atoms with Crippen molar-refractivity contribution in [2.75, 3.05) is 39.6 Å². The van der Waals surface area contributed by atoms with E-state index < -0.39 is 10.2 Å². The van der Waals surface area contributed by atoms with Gasteiger partial charge in [-0.25, -0.2) is 19.9 Å². The van der Waals surface area contributed by atoms with Crippen molar-refractivity contribution in [2.45, 2.75) is 6.92 Å². The summed E-state index contributed by atoms with van der Waals surface area (Å²) in [5.41, 5.74) is 1.52. The number of nitrogens with one attached hydrogen (secondary N) is 1. The molecule has 3 heterocycles. The molecular weight excluding hydrogens is 474 g/mol. The number of fused-ring (bicyclic) bond motifs is 1. The number of pyridine rings is 1. The van der Waals surface area contributed by atoms with Gasteiger partial charge < -0.3 is 14.2 Å². The predicted molar refractivity (Wildman–Crippen MR) is 130 cm³/mol. The number of benzene rings is 1. The summed E-state index contributed by atoms with van der Waals surface area (Å²) in [6.45, 7) is 2.32. The van der Waals surface area contributed by atoms with Crippen molar-refractivity contribution in [1.29, 1.82) is 0 Å². The van der Waals surface area contributed by atoms with Crippen LogP contribution in [0, 0.1) is 0 Å². The van der Waals surface area contributed by atoms with E-state index in [-0.39, 0.29) is 17.1 Å². The number of nitrogens with zero attached hydrogens (tertiary/aromatic N) is 6. The minimum atomic E-state index is -3.81. The molecule has 0 amide bonds. The number of imidazole rings is 1. The fourth-order valence-corrected chi connectivity index (χ4v) is 3.87. The van der Waals surface area contributed by atoms with Crippen LogP contribution in [-0.4, -0.2) is 72.1 Å². The molecule has 0 spiro atoms. The Morgan fingerprint density at radius 2 is 1.69 bits per heavy atom. The van der Waals surface area contributed by atoms with Gasteiger partial charge in [0.1, 0.15) is 22.9 Å². The van der Waals surface area contributed by atoms with Crippen LogP contribution in [0.4, 0.5) is 5.82 Å². The van der Waals surface area contributed by atoms with E-state index in [1.54, 1.807) is 41.0 Å². The van der Waals surface area contributed by atoms with Gasteiger partial charge in [0.2, 0.25) is 5.88 Å². The second-order valence-electron chi connectivity index (χ2n) is 7.37. The van der Waals surface area contributed by atoms with Gasteiger partial charge in [-0.05, 0) is 25.1 Å². The second kappa shape index (κ2) is 9.72. The molecule has 0 aliphatic carbocycles. The number of aromatic nitrogens is 5. The van der Waals surface area contributed by atoms with Crippen molar-refractivity contribution in [3.8, 4) is 34.6 Å². The Kier molecular flexibility index (Phi) is 6.71. The summed E-state index contributed by atoms with van der Waals surface area (Å²) >= 11 is 0. The molecular formula is C22H25N7O5S. The number of methoxy groups -OCH3 is 2. The molecule has 0 radical (unpaired) electrons. The molecule has 0 fully saturated rings. The molecule has 0 saturated heterocycles. The number of para-hydroxylation sites is 1. The van der Waals surface area contributed by atoms with Gasteiger partial charge in [0.15, 0.2) is 22.9 Å². The molecule has 184 valence electrons. The number of hydrogen-bond acceptors (Lipinski definition) is 9. The summed E-state index contributed by atoms with van der Waals surface area (Å²) in [6, 6.07) is 10.6. The third-order valence-electron chi connectivity index (χ3n) is 4.96. The first kappa shape index (κ1) is 24.2. The molecule has 0 saturated carbocycles. The monoisotopic (exact) mass is 499 g/mol. The molecule has 12 nitrogen and oxygen atoms in total. The molecule has 0 bridgehead atoms. The SMILES string of the molecule is CCOc1cccc(-c2nc3ncc(NS(=O)(=O)N(C)C)nc3n2-c2c(OC)cccc2OC)n1. The maximum Gasteiger partial charge on any atom is 0.302 e. The molecule has 3 aromatic heterocycles. The van der Waals surface area contributed by atoms with Gasteiger partial charge in [-0.2, -0.15) is 12.7 Å². The predicted octanol–water partition coefficient (Wildman–Crippen LogP) is 2.51. The van der Waals surface area contributed by atoms with Gasteiger partial charge in [0.05, 0.1) is 27.0 Å². The Hall–Kier alpha value is -3.97. The van der Waals surface area contributed by atoms with Gasteiger partial charge in [0.25, 0.3) is 0 Å². The van der Waals surface area contributed by atoms with Crippen LogP contribution < -0.4 is 18.9 Å². The standard InChI is InChI=1S/C22H25N7O5S/c1-6-34-18-12-7-9-14(24-18)21-26-20-22(25-17(13-23-20)27-35(30,31)28(2)3)29(21)19-15(32-4)10-8-11-16(19)33-5/h7-13H,6H2,1-5H3,(H,25,27). The Balaban J connectivity index is 2.03. The summed E-state index contributed by atoms with van der Waals surface area (Å²) in [4.78, 5) is 18.1. The van der Waals surface area contributed by atoms with Gasteiger partial charge in [-0.1, -0.05) is 12.1 Å². The smallest absolute Gasteiger partial charge is 0.302 e. The molecule has 13 heteroatoms. The molecule has 4 rings (SSSR count). The van der Waals surface area contributed by atoms with Crippen LogP contribution in [0.3, 0.4) is 0 Å². The highest BCUT2D eigenvalue weighted by Crippen LogP contribution is 2.38. The van der Waals surface area contributed by atoms with Crippen molar-refractivity contribution in [3.05, 3.63) is 42.6 Å². The molecule has 0 atom stereocenters. The van der Waals surface area contributed by atoms with E-state index in [9.17, 15) is 8.42 Å². The van der Waals surface area contributed by atoms with Crippen molar-refractivity contribution in [2.24, 2.45) is 0 Å². The number of ether oxygens (including phenoxy) is 3. The maximum atomic E-state index is 12.4. The average molecular weight is 500 g/mol. The van der Waals surface area contributed by atoms with Gasteiger partial charge in [-0.3, -0.25) is 9.29 Å². The number of hydrogen-bond donors (Lipinski definition) is 1. The number of rotatable bonds is 9. The lowest BCUT2D eigenvalue weighted by atomic mass is 10.2. The fraction of sp³-hybridized carbons (Fsp3) is 0.273. The van der Waals surface area contributed by atoms with Crippen LogP contribution in [0.15, 0.2) is 42.6 Å². The highest BCUT2D eigenvalue weighted by Gasteiger charge is 2.24. The highest BCUT2D eigenvalue weighted by atomic mass is 32.2. The third kappa shape index (κ3) is 4.68. The van der Waals surface area contributed by atoms with E-state index >= 15 is 0 Å². The van der Waals surface area contributed by atoms with Crippen molar-refractivity contribution < 1.29 is 22.6 Å². The van der Waals surface area contributed by atoms with Gasteiger partial charge >= 0.3 is 10.2 Å². The molecule has 4 aromatic rings. The van der Waals surface area contributed by atoms with Crippen LogP contribution in [0.5, 0.6) is 17.4 Å². The van der Waals surface area contributed by atoms with E-state index in [1.807, 2.05) is 6.92 Å². The van der Waals surface area contributed by atoms with Crippen molar-refractivity contribution >= 4 is 27.3 Å². The van der Waals surface area contributed by atoms with Crippen LogP contribution in [0.25, 0.3) is 28.5 Å². The lowest BCUT2D eigenvalue weighted by Crippen LogP contribution is -2.29. The van der Waals surface area contributed by atoms with Crippen molar-refractivity contribution in [3.63, 3.8) is 0 Å². The van der Waals surface area contributed by atoms with E-state index in [4.69, 9.17) is 14.2 Å². The summed E-state index contributed by atoms with van der Waals surface area (Å²) in [5.74, 6) is 1.79. The van der Waals surface area contributed by atoms with Crippen LogP contribution in [-0.2, 0) is 10.2 Å². The zero-order valence-corrected chi connectivity index (χ0v) is 20.7. The summed E-state index contributed by atoms with van der Waals surface area (Å²) in [7, 11) is 2.08. The molecule has 0 aliphatic rings. The van der Waals surface area contributed by atoms with Crippen LogP contribution in [0.1, 0.15) is 6.92 Å². The zero-order valence-electron chi connectivity index (χ0n) is 19.9. The van der Waals surface area contributed by atoms with Gasteiger partial charge in [0, 0.05) is 20.2 Å². The van der Waals surface area contributed by atoms with Gasteiger partial charge in [-0.15, -0.1) is 0 Å². The third-order valence-corrected chi connectivity index (χ3v) is 6.38. The molecule has 1 N–H and O–H groups in total. The number of anilines is 1. The Labute approximate surface area is 202 Å². The largest absolute Gasteiger partial charge is 0.494 e. The zero-order chi connectivity index (χ0) is 25.2. The second-order valence-corrected chi connectivity index (χ2v) is 9.25. The van der Waals surface area contributed by atoms with Crippen LogP contribution >= 0.6 is 0 Å². The summed E-state index contributed by atoms with van der Waals surface area (Å²) in [5, 5.41) is 0. The highest BCUT2D eigenvalue weighted by molar-refractivity contribution is 7.90. The minimum Gasteiger partial charge on any atom is -0.494 e. The quantitative estimate of drug-likeness (QED) is 0.369. The van der Waals surface area contributed by atoms with E-state index in [1.165, 1.54) is 34.5 Å². The van der Waals surface area contributed by atoms with Crippen molar-refractivity contribution in [1.82, 2.24) is 28.8 Å². The lowest BCUT2D eigenvalue weighted by Gasteiger charge is -2.16.